The number of hydrogen-bond acceptors (Lipinski definition) is 6. The number of carbonyl (C=O) groups excluding carboxylic acids is 1. The summed E-state index contributed by atoms with van der Waals surface area (Å²) in [7, 11) is 1.59. The highest BCUT2D eigenvalue weighted by molar-refractivity contribution is 5.95. The van der Waals surface area contributed by atoms with Crippen molar-refractivity contribution < 1.29 is 23.7 Å². The van der Waals surface area contributed by atoms with Crippen molar-refractivity contribution in [3.63, 3.8) is 0 Å². The zero-order valence-electron chi connectivity index (χ0n) is 23.5. The molecule has 3 rings (SSSR count). The van der Waals surface area contributed by atoms with Crippen LogP contribution in [0.25, 0.3) is 10.9 Å². The summed E-state index contributed by atoms with van der Waals surface area (Å²) < 4.78 is 24.0. The van der Waals surface area contributed by atoms with Crippen molar-refractivity contribution in [2.24, 2.45) is 0 Å². The molecule has 206 valence electrons. The number of fused-ring (bicyclic) bond motifs is 1. The third kappa shape index (κ3) is 7.86. The average Bonchev–Trinajstić information content (AvgIpc) is 2.93. The van der Waals surface area contributed by atoms with Gasteiger partial charge in [-0.2, -0.15) is 0 Å². The lowest BCUT2D eigenvalue weighted by molar-refractivity contribution is 0.0718. The summed E-state index contributed by atoms with van der Waals surface area (Å²) in [5.41, 5.74) is 2.06. The van der Waals surface area contributed by atoms with Crippen LogP contribution >= 0.6 is 0 Å². The van der Waals surface area contributed by atoms with Crippen molar-refractivity contribution in [1.29, 1.82) is 0 Å². The first-order valence-corrected chi connectivity index (χ1v) is 14.2. The fourth-order valence-electron chi connectivity index (χ4n) is 4.45. The Morgan fingerprint density at radius 1 is 0.763 bits per heavy atom. The van der Waals surface area contributed by atoms with E-state index in [4.69, 9.17) is 18.9 Å². The van der Waals surface area contributed by atoms with Crippen LogP contribution in [0.4, 0.5) is 0 Å². The monoisotopic (exact) mass is 521 g/mol. The normalized spacial score (nSPS) is 10.9. The number of aromatic nitrogens is 1. The van der Waals surface area contributed by atoms with Gasteiger partial charge in [-0.15, -0.1) is 0 Å². The van der Waals surface area contributed by atoms with E-state index in [1.54, 1.807) is 7.11 Å². The molecule has 6 heteroatoms. The van der Waals surface area contributed by atoms with Crippen LogP contribution in [0.3, 0.4) is 0 Å². The molecule has 38 heavy (non-hydrogen) atoms. The quantitative estimate of drug-likeness (QED) is 0.131. The third-order valence-corrected chi connectivity index (χ3v) is 6.55. The minimum absolute atomic E-state index is 0.121. The molecule has 0 spiro atoms. The molecule has 2 aromatic carbocycles. The van der Waals surface area contributed by atoms with E-state index in [-0.39, 0.29) is 5.88 Å². The number of ether oxygens (including phenoxy) is 4. The Kier molecular flexibility index (Phi) is 12.2. The lowest BCUT2D eigenvalue weighted by atomic mass is 10.00. The zero-order valence-corrected chi connectivity index (χ0v) is 23.5. The Balaban J connectivity index is 1.96. The lowest BCUT2D eigenvalue weighted by Crippen LogP contribution is -2.15. The first kappa shape index (κ1) is 29.3. The predicted molar refractivity (Wildman–Crippen MR) is 153 cm³/mol. The van der Waals surface area contributed by atoms with Gasteiger partial charge in [0, 0.05) is 10.9 Å². The van der Waals surface area contributed by atoms with Crippen molar-refractivity contribution >= 4 is 16.9 Å². The highest BCUT2D eigenvalue weighted by Gasteiger charge is 2.24. The van der Waals surface area contributed by atoms with Gasteiger partial charge in [-0.1, -0.05) is 77.5 Å². The molecular weight excluding hydrogens is 478 g/mol. The van der Waals surface area contributed by atoms with Crippen LogP contribution in [0.15, 0.2) is 42.5 Å². The number of benzene rings is 2. The van der Waals surface area contributed by atoms with Gasteiger partial charge in [-0.25, -0.2) is 9.78 Å². The summed E-state index contributed by atoms with van der Waals surface area (Å²) in [5, 5.41) is 0.808. The minimum atomic E-state index is -0.473. The third-order valence-electron chi connectivity index (χ3n) is 6.55. The van der Waals surface area contributed by atoms with Crippen LogP contribution in [0.5, 0.6) is 23.1 Å². The lowest BCUT2D eigenvalue weighted by Gasteiger charge is -2.18. The number of para-hydroxylation sites is 1. The fourth-order valence-corrected chi connectivity index (χ4v) is 4.45. The highest BCUT2D eigenvalue weighted by atomic mass is 16.6. The molecule has 0 amide bonds. The van der Waals surface area contributed by atoms with Crippen LogP contribution in [0, 0.1) is 0 Å². The molecule has 0 aliphatic carbocycles. The number of pyridine rings is 1. The van der Waals surface area contributed by atoms with E-state index in [0.717, 1.165) is 80.9 Å². The van der Waals surface area contributed by atoms with Gasteiger partial charge in [0.1, 0.15) is 5.75 Å². The molecule has 0 aliphatic heterocycles. The largest absolute Gasteiger partial charge is 0.493 e. The molecule has 0 unspecified atom stereocenters. The summed E-state index contributed by atoms with van der Waals surface area (Å²) >= 11 is 0. The first-order valence-electron chi connectivity index (χ1n) is 14.2. The molecule has 3 aromatic rings. The number of unbranched alkanes of at least 4 members (excludes halogenated alkanes) is 6. The molecule has 0 radical (unpaired) electrons. The van der Waals surface area contributed by atoms with Gasteiger partial charge in [0.2, 0.25) is 5.75 Å². The Bertz CT molecular complexity index is 1160. The smallest absolute Gasteiger partial charge is 0.345 e. The second kappa shape index (κ2) is 15.9. The van der Waals surface area contributed by atoms with Crippen molar-refractivity contribution in [3.05, 3.63) is 53.6 Å². The van der Waals surface area contributed by atoms with E-state index in [1.807, 2.05) is 42.5 Å². The van der Waals surface area contributed by atoms with Crippen LogP contribution in [-0.2, 0) is 6.42 Å². The summed E-state index contributed by atoms with van der Waals surface area (Å²) in [6.07, 6.45) is 10.1. The Morgan fingerprint density at radius 3 is 2.16 bits per heavy atom. The number of nitrogens with zero attached hydrogens (tertiary/aromatic N) is 1. The molecule has 1 aromatic heterocycles. The standard InChI is InChI=1S/C32H43NO5/c1-5-8-11-17-24-25(19-16-21-28(24)36-22-14-9-6-2)32(34)38-31-30(37-23-15-10-7-3)29(35-4)26-18-12-13-20-27(26)33-31/h12-13,16,18-21H,5-11,14-15,17,22-23H2,1-4H3. The van der Waals surface area contributed by atoms with E-state index >= 15 is 0 Å². The molecule has 0 saturated carbocycles. The van der Waals surface area contributed by atoms with Crippen LogP contribution in [0.1, 0.15) is 94.5 Å². The second-order valence-electron chi connectivity index (χ2n) is 9.54. The summed E-state index contributed by atoms with van der Waals surface area (Å²) in [6, 6.07) is 13.2. The molecule has 6 nitrogen and oxygen atoms in total. The number of methoxy groups -OCH3 is 1. The van der Waals surface area contributed by atoms with E-state index in [9.17, 15) is 4.79 Å². The van der Waals surface area contributed by atoms with E-state index in [0.29, 0.717) is 35.8 Å². The molecular formula is C32H43NO5. The predicted octanol–water partition coefficient (Wildman–Crippen LogP) is 8.33. The van der Waals surface area contributed by atoms with Gasteiger partial charge in [0.05, 0.1) is 31.4 Å². The molecule has 0 bridgehead atoms. The van der Waals surface area contributed by atoms with Crippen molar-refractivity contribution in [2.75, 3.05) is 20.3 Å². The topological polar surface area (TPSA) is 66.9 Å². The van der Waals surface area contributed by atoms with Crippen LogP contribution in [-0.4, -0.2) is 31.3 Å². The summed E-state index contributed by atoms with van der Waals surface area (Å²) in [4.78, 5) is 18.3. The Morgan fingerprint density at radius 2 is 1.45 bits per heavy atom. The average molecular weight is 522 g/mol. The summed E-state index contributed by atoms with van der Waals surface area (Å²) in [6.45, 7) is 7.60. The number of rotatable bonds is 17. The number of esters is 1. The Hall–Kier alpha value is -3.28. The fraction of sp³-hybridized carbons (Fsp3) is 0.500. The van der Waals surface area contributed by atoms with Crippen molar-refractivity contribution in [2.45, 2.75) is 85.0 Å². The van der Waals surface area contributed by atoms with E-state index < -0.39 is 5.97 Å². The van der Waals surface area contributed by atoms with E-state index in [2.05, 4.69) is 25.8 Å². The zero-order chi connectivity index (χ0) is 27.2. The maximum absolute atomic E-state index is 13.6. The first-order chi connectivity index (χ1) is 18.6. The van der Waals surface area contributed by atoms with Gasteiger partial charge < -0.3 is 18.9 Å². The number of hydrogen-bond donors (Lipinski definition) is 0. The van der Waals surface area contributed by atoms with Crippen LogP contribution < -0.4 is 18.9 Å². The van der Waals surface area contributed by atoms with Crippen molar-refractivity contribution in [3.8, 4) is 23.1 Å². The second-order valence-corrected chi connectivity index (χ2v) is 9.54. The maximum Gasteiger partial charge on any atom is 0.345 e. The minimum Gasteiger partial charge on any atom is -0.493 e. The molecule has 0 N–H and O–H groups in total. The van der Waals surface area contributed by atoms with Gasteiger partial charge in [-0.05, 0) is 49.9 Å². The van der Waals surface area contributed by atoms with Crippen molar-refractivity contribution in [1.82, 2.24) is 4.98 Å². The van der Waals surface area contributed by atoms with Gasteiger partial charge in [-0.3, -0.25) is 0 Å². The molecule has 0 saturated heterocycles. The van der Waals surface area contributed by atoms with Crippen LogP contribution in [0.2, 0.25) is 0 Å². The van der Waals surface area contributed by atoms with Gasteiger partial charge >= 0.3 is 5.97 Å². The highest BCUT2D eigenvalue weighted by Crippen LogP contribution is 2.42. The number of carbonyl (C=O) groups is 1. The molecule has 1 heterocycles. The van der Waals surface area contributed by atoms with Gasteiger partial charge in [0.25, 0.3) is 5.88 Å². The SMILES string of the molecule is CCCCCOc1cccc(C(=O)Oc2nc3ccccc3c(OC)c2OCCCCC)c1CCCCC. The van der Waals surface area contributed by atoms with E-state index in [1.165, 1.54) is 0 Å². The Labute approximate surface area is 227 Å². The molecule has 0 aliphatic rings. The van der Waals surface area contributed by atoms with Gasteiger partial charge in [0.15, 0.2) is 5.75 Å². The molecule has 0 atom stereocenters. The maximum atomic E-state index is 13.6. The summed E-state index contributed by atoms with van der Waals surface area (Å²) in [5.74, 6) is 1.28. The molecule has 0 fully saturated rings.